The molecule has 1 unspecified atom stereocenters. The molecule has 1 amide bonds. The first-order valence-electron chi connectivity index (χ1n) is 9.93. The molecule has 3 aromatic rings. The van der Waals surface area contributed by atoms with Crippen molar-refractivity contribution in [3.8, 4) is 0 Å². The third-order valence-corrected chi connectivity index (χ3v) is 4.54. The van der Waals surface area contributed by atoms with Gasteiger partial charge in [-0.1, -0.05) is 13.8 Å². The molecule has 0 aliphatic carbocycles. The Labute approximate surface area is 182 Å². The first kappa shape index (κ1) is 23.0. The molecular weight excluding hydrogens is 423 g/mol. The van der Waals surface area contributed by atoms with Gasteiger partial charge < -0.3 is 21.4 Å². The summed E-state index contributed by atoms with van der Waals surface area (Å²) in [6.45, 7) is 6.39. The number of nitrogens with one attached hydrogen (secondary N) is 3. The van der Waals surface area contributed by atoms with Gasteiger partial charge in [-0.2, -0.15) is 13.2 Å². The van der Waals surface area contributed by atoms with Crippen LogP contribution in [-0.4, -0.2) is 33.4 Å². The van der Waals surface area contributed by atoms with E-state index in [1.54, 1.807) is 25.3 Å². The van der Waals surface area contributed by atoms with E-state index in [2.05, 4.69) is 30.6 Å². The number of hydrogen-bond donors (Lipinski definition) is 4. The van der Waals surface area contributed by atoms with Crippen molar-refractivity contribution in [3.63, 3.8) is 0 Å². The smallest absolute Gasteiger partial charge is 0.370 e. The number of aromatic amines is 1. The van der Waals surface area contributed by atoms with Crippen molar-refractivity contribution in [2.24, 2.45) is 16.6 Å². The predicted octanol–water partition coefficient (Wildman–Crippen LogP) is 3.85. The number of H-pyrrole nitrogens is 1. The molecular formula is C21H24F3N7O. The highest BCUT2D eigenvalue weighted by molar-refractivity contribution is 5.94. The van der Waals surface area contributed by atoms with Crippen molar-refractivity contribution in [1.82, 2.24) is 20.3 Å². The fourth-order valence-electron chi connectivity index (χ4n) is 2.88. The minimum atomic E-state index is -4.48. The van der Waals surface area contributed by atoms with Gasteiger partial charge in [0.1, 0.15) is 5.82 Å². The van der Waals surface area contributed by atoms with Crippen LogP contribution in [0.3, 0.4) is 0 Å². The lowest BCUT2D eigenvalue weighted by molar-refractivity contribution is -0.137. The van der Waals surface area contributed by atoms with E-state index in [-0.39, 0.29) is 22.8 Å². The van der Waals surface area contributed by atoms with Crippen LogP contribution in [0.15, 0.2) is 41.5 Å². The minimum absolute atomic E-state index is 0.0800. The second-order valence-corrected chi connectivity index (χ2v) is 7.73. The molecule has 0 aliphatic heterocycles. The van der Waals surface area contributed by atoms with Crippen LogP contribution in [0.2, 0.25) is 0 Å². The maximum absolute atomic E-state index is 12.9. The van der Waals surface area contributed by atoms with E-state index in [1.807, 2.05) is 13.8 Å². The summed E-state index contributed by atoms with van der Waals surface area (Å²) < 4.78 is 38.7. The quantitative estimate of drug-likeness (QED) is 0.338. The van der Waals surface area contributed by atoms with E-state index < -0.39 is 23.7 Å². The molecule has 1 atom stereocenters. The lowest BCUT2D eigenvalue weighted by Gasteiger charge is -2.14. The third-order valence-electron chi connectivity index (χ3n) is 4.54. The number of rotatable bonds is 6. The van der Waals surface area contributed by atoms with E-state index in [0.717, 1.165) is 17.7 Å². The Morgan fingerprint density at radius 3 is 2.66 bits per heavy atom. The summed E-state index contributed by atoms with van der Waals surface area (Å²) in [6.07, 6.45) is -2.91. The van der Waals surface area contributed by atoms with E-state index in [1.165, 1.54) is 6.07 Å². The number of hydrogen-bond acceptors (Lipinski definition) is 4. The predicted molar refractivity (Wildman–Crippen MR) is 116 cm³/mol. The number of guanidine groups is 1. The fourth-order valence-corrected chi connectivity index (χ4v) is 2.88. The molecule has 0 aliphatic rings. The monoisotopic (exact) mass is 447 g/mol. The van der Waals surface area contributed by atoms with Gasteiger partial charge in [-0.25, -0.2) is 9.97 Å². The number of benzene rings is 1. The zero-order valence-electron chi connectivity index (χ0n) is 17.8. The average Bonchev–Trinajstić information content (AvgIpc) is 3.15. The molecule has 2 heterocycles. The molecule has 8 nitrogen and oxygen atoms in total. The second kappa shape index (κ2) is 9.25. The standard InChI is InChI=1S/C21H24F3N7O/c1-11(2)10-27-20(25)31-17-8-13(6-7-26-17)12(3)28-19(32)18-29-15-5-4-14(21(22,23)24)9-16(15)30-18/h4-9,11-12H,10H2,1-3H3,(H,28,32)(H,29,30)(H3,25,26,27,31). The van der Waals surface area contributed by atoms with Gasteiger partial charge in [0.15, 0.2) is 11.8 Å². The van der Waals surface area contributed by atoms with Crippen LogP contribution >= 0.6 is 0 Å². The molecule has 5 N–H and O–H groups in total. The summed E-state index contributed by atoms with van der Waals surface area (Å²) in [6, 6.07) is 6.09. The molecule has 0 saturated carbocycles. The van der Waals surface area contributed by atoms with Gasteiger partial charge in [0.25, 0.3) is 5.91 Å². The van der Waals surface area contributed by atoms with Crippen molar-refractivity contribution in [2.45, 2.75) is 33.0 Å². The van der Waals surface area contributed by atoms with Gasteiger partial charge >= 0.3 is 6.18 Å². The highest BCUT2D eigenvalue weighted by atomic mass is 19.4. The number of aromatic nitrogens is 3. The summed E-state index contributed by atoms with van der Waals surface area (Å²) in [5, 5.41) is 5.67. The maximum atomic E-state index is 12.9. The van der Waals surface area contributed by atoms with Crippen LogP contribution in [0, 0.1) is 5.92 Å². The van der Waals surface area contributed by atoms with E-state index in [9.17, 15) is 18.0 Å². The number of anilines is 1. The summed E-state index contributed by atoms with van der Waals surface area (Å²) in [5.41, 5.74) is 6.17. The molecule has 0 spiro atoms. The van der Waals surface area contributed by atoms with Gasteiger partial charge in [-0.15, -0.1) is 0 Å². The molecule has 0 bridgehead atoms. The summed E-state index contributed by atoms with van der Waals surface area (Å²) >= 11 is 0. The molecule has 0 saturated heterocycles. The number of nitrogens with two attached hydrogens (primary N) is 1. The van der Waals surface area contributed by atoms with Gasteiger partial charge in [-0.3, -0.25) is 9.79 Å². The Hall–Kier alpha value is -3.63. The largest absolute Gasteiger partial charge is 0.416 e. The summed E-state index contributed by atoms with van der Waals surface area (Å²) in [4.78, 5) is 27.7. The number of aliphatic imine (C=N–C) groups is 1. The van der Waals surface area contributed by atoms with Crippen LogP contribution in [0.5, 0.6) is 0 Å². The van der Waals surface area contributed by atoms with Gasteiger partial charge in [0, 0.05) is 12.7 Å². The number of halogens is 3. The summed E-state index contributed by atoms with van der Waals surface area (Å²) in [5.74, 6) is 0.441. The number of carbonyl (C=O) groups is 1. The van der Waals surface area contributed by atoms with Crippen LogP contribution in [0.25, 0.3) is 11.0 Å². The minimum Gasteiger partial charge on any atom is -0.370 e. The van der Waals surface area contributed by atoms with E-state index in [0.29, 0.717) is 18.3 Å². The number of alkyl halides is 3. The zero-order chi connectivity index (χ0) is 23.5. The van der Waals surface area contributed by atoms with Crippen molar-refractivity contribution in [1.29, 1.82) is 0 Å². The average molecular weight is 447 g/mol. The Morgan fingerprint density at radius 1 is 1.22 bits per heavy atom. The Morgan fingerprint density at radius 2 is 1.97 bits per heavy atom. The van der Waals surface area contributed by atoms with Crippen molar-refractivity contribution in [3.05, 3.63) is 53.5 Å². The second-order valence-electron chi connectivity index (χ2n) is 7.73. The molecule has 11 heteroatoms. The number of carbonyl (C=O) groups excluding carboxylic acids is 1. The molecule has 0 fully saturated rings. The molecule has 0 radical (unpaired) electrons. The number of pyridine rings is 1. The van der Waals surface area contributed by atoms with E-state index in [4.69, 9.17) is 5.73 Å². The molecule has 3 rings (SSSR count). The summed E-state index contributed by atoms with van der Waals surface area (Å²) in [7, 11) is 0. The number of nitrogens with zero attached hydrogens (tertiary/aromatic N) is 3. The Bertz CT molecular complexity index is 1140. The normalized spacial score (nSPS) is 13.4. The lowest BCUT2D eigenvalue weighted by Crippen LogP contribution is -2.28. The van der Waals surface area contributed by atoms with Gasteiger partial charge in [0.05, 0.1) is 22.6 Å². The van der Waals surface area contributed by atoms with Crippen LogP contribution < -0.4 is 16.4 Å². The molecule has 2 aromatic heterocycles. The fraction of sp³-hybridized carbons (Fsp3) is 0.333. The Balaban J connectivity index is 1.71. The van der Waals surface area contributed by atoms with Gasteiger partial charge in [0.2, 0.25) is 0 Å². The van der Waals surface area contributed by atoms with Crippen LogP contribution in [0.4, 0.5) is 19.0 Å². The van der Waals surface area contributed by atoms with Crippen LogP contribution in [0.1, 0.15) is 48.6 Å². The highest BCUT2D eigenvalue weighted by Gasteiger charge is 2.31. The lowest BCUT2D eigenvalue weighted by atomic mass is 10.1. The molecule has 32 heavy (non-hydrogen) atoms. The first-order valence-corrected chi connectivity index (χ1v) is 9.93. The number of imidazole rings is 1. The number of amides is 1. The van der Waals surface area contributed by atoms with E-state index >= 15 is 0 Å². The maximum Gasteiger partial charge on any atom is 0.416 e. The molecule has 170 valence electrons. The first-order chi connectivity index (χ1) is 15.0. The third kappa shape index (κ3) is 5.74. The highest BCUT2D eigenvalue weighted by Crippen LogP contribution is 2.30. The topological polar surface area (TPSA) is 121 Å². The molecule has 1 aromatic carbocycles. The van der Waals surface area contributed by atoms with Gasteiger partial charge in [-0.05, 0) is 48.7 Å². The Kier molecular flexibility index (Phi) is 6.66. The SMILES string of the molecule is CC(C)CN=C(N)Nc1cc(C(C)NC(=O)c2nc3ccc(C(F)(F)F)cc3[nH]2)ccn1. The number of fused-ring (bicyclic) bond motifs is 1. The van der Waals surface area contributed by atoms with Crippen molar-refractivity contribution >= 4 is 28.7 Å². The zero-order valence-corrected chi connectivity index (χ0v) is 17.8. The van der Waals surface area contributed by atoms with Crippen molar-refractivity contribution < 1.29 is 18.0 Å². The van der Waals surface area contributed by atoms with Crippen LogP contribution in [-0.2, 0) is 6.18 Å². The van der Waals surface area contributed by atoms with Crippen molar-refractivity contribution in [2.75, 3.05) is 11.9 Å².